The maximum Gasteiger partial charge on any atom is 0.242 e. The molecule has 1 aliphatic carbocycles. The smallest absolute Gasteiger partial charge is 0.242 e. The fourth-order valence-electron chi connectivity index (χ4n) is 3.46. The van der Waals surface area contributed by atoms with E-state index in [1.165, 1.54) is 12.8 Å². The van der Waals surface area contributed by atoms with Gasteiger partial charge >= 0.3 is 0 Å². The van der Waals surface area contributed by atoms with Crippen molar-refractivity contribution in [1.29, 1.82) is 0 Å². The number of hydrogen-bond acceptors (Lipinski definition) is 4. The standard InChI is InChI=1S/C18H24N4O2/c23-17(14-5-6-14)11-20-7-9-21(10-8-20)18(24)12-22-13-19-15-3-1-2-4-16(15)22/h1-4,13-14,17,23H,5-12H2/t17-/m0/s1. The van der Waals surface area contributed by atoms with Crippen LogP contribution in [0.25, 0.3) is 11.0 Å². The lowest BCUT2D eigenvalue weighted by Gasteiger charge is -2.35. The number of β-amino-alcohol motifs (C(OH)–C–C–N with tert-alkyl or cyclic N) is 1. The molecule has 0 bridgehead atoms. The van der Waals surface area contributed by atoms with E-state index in [-0.39, 0.29) is 12.0 Å². The Hall–Kier alpha value is -1.92. The molecule has 1 saturated carbocycles. The van der Waals surface area contributed by atoms with Crippen LogP contribution in [0.5, 0.6) is 0 Å². The van der Waals surface area contributed by atoms with Gasteiger partial charge in [0.1, 0.15) is 6.54 Å². The molecule has 1 atom stereocenters. The third-order valence-electron chi connectivity index (χ3n) is 5.17. The first-order valence-corrected chi connectivity index (χ1v) is 8.79. The highest BCUT2D eigenvalue weighted by Crippen LogP contribution is 2.32. The fourth-order valence-corrected chi connectivity index (χ4v) is 3.46. The predicted molar refractivity (Wildman–Crippen MR) is 91.5 cm³/mol. The molecular formula is C18H24N4O2. The zero-order valence-electron chi connectivity index (χ0n) is 13.8. The first-order chi connectivity index (χ1) is 11.7. The second kappa shape index (κ2) is 6.53. The van der Waals surface area contributed by atoms with Crippen LogP contribution >= 0.6 is 0 Å². The molecule has 2 fully saturated rings. The molecule has 2 heterocycles. The van der Waals surface area contributed by atoms with E-state index in [0.29, 0.717) is 12.5 Å². The van der Waals surface area contributed by atoms with Gasteiger partial charge in [0.25, 0.3) is 0 Å². The summed E-state index contributed by atoms with van der Waals surface area (Å²) in [5, 5.41) is 10.1. The van der Waals surface area contributed by atoms with Gasteiger partial charge in [0.15, 0.2) is 0 Å². The average molecular weight is 328 g/mol. The van der Waals surface area contributed by atoms with Crippen LogP contribution in [-0.4, -0.2) is 69.2 Å². The molecule has 128 valence electrons. The molecular weight excluding hydrogens is 304 g/mol. The van der Waals surface area contributed by atoms with Crippen LogP contribution in [0.2, 0.25) is 0 Å². The van der Waals surface area contributed by atoms with Gasteiger partial charge < -0.3 is 14.6 Å². The Kier molecular flexibility index (Phi) is 4.24. The molecule has 24 heavy (non-hydrogen) atoms. The Morgan fingerprint density at radius 2 is 1.96 bits per heavy atom. The molecule has 1 amide bonds. The number of imidazole rings is 1. The number of benzene rings is 1. The van der Waals surface area contributed by atoms with Crippen molar-refractivity contribution in [1.82, 2.24) is 19.4 Å². The molecule has 1 aromatic heterocycles. The molecule has 2 aromatic rings. The number of para-hydroxylation sites is 2. The number of fused-ring (bicyclic) bond motifs is 1. The summed E-state index contributed by atoms with van der Waals surface area (Å²) in [5.41, 5.74) is 1.92. The Morgan fingerprint density at radius 3 is 2.71 bits per heavy atom. The molecule has 0 spiro atoms. The van der Waals surface area contributed by atoms with Crippen molar-refractivity contribution in [3.8, 4) is 0 Å². The van der Waals surface area contributed by atoms with Gasteiger partial charge in [-0.1, -0.05) is 12.1 Å². The zero-order chi connectivity index (χ0) is 16.5. The van der Waals surface area contributed by atoms with Gasteiger partial charge in [-0.15, -0.1) is 0 Å². The second-order valence-electron chi connectivity index (χ2n) is 6.95. The Balaban J connectivity index is 1.31. The molecule has 1 aliphatic heterocycles. The minimum atomic E-state index is -0.190. The minimum absolute atomic E-state index is 0.139. The van der Waals surface area contributed by atoms with Crippen molar-refractivity contribution in [3.05, 3.63) is 30.6 Å². The summed E-state index contributed by atoms with van der Waals surface area (Å²) >= 11 is 0. The quantitative estimate of drug-likeness (QED) is 0.888. The Bertz CT molecular complexity index is 717. The fraction of sp³-hybridized carbons (Fsp3) is 0.556. The number of hydrogen-bond donors (Lipinski definition) is 1. The highest BCUT2D eigenvalue weighted by molar-refractivity contribution is 5.80. The predicted octanol–water partition coefficient (Wildman–Crippen LogP) is 0.951. The number of carbonyl (C=O) groups excluding carboxylic acids is 1. The van der Waals surface area contributed by atoms with Gasteiger partial charge in [-0.3, -0.25) is 9.69 Å². The molecule has 0 radical (unpaired) electrons. The third-order valence-corrected chi connectivity index (χ3v) is 5.17. The van der Waals surface area contributed by atoms with Crippen molar-refractivity contribution in [2.45, 2.75) is 25.5 Å². The summed E-state index contributed by atoms with van der Waals surface area (Å²) in [5.74, 6) is 0.653. The second-order valence-corrected chi connectivity index (χ2v) is 6.95. The highest BCUT2D eigenvalue weighted by Gasteiger charge is 2.32. The van der Waals surface area contributed by atoms with Crippen LogP contribution < -0.4 is 0 Å². The SMILES string of the molecule is O=C(Cn1cnc2ccccc21)N1CCN(C[C@H](O)C2CC2)CC1. The van der Waals surface area contributed by atoms with Crippen LogP contribution in [-0.2, 0) is 11.3 Å². The van der Waals surface area contributed by atoms with Gasteiger partial charge in [-0.2, -0.15) is 0 Å². The number of aromatic nitrogens is 2. The summed E-state index contributed by atoms with van der Waals surface area (Å²) in [4.78, 5) is 21.1. The van der Waals surface area contributed by atoms with E-state index in [1.54, 1.807) is 6.33 Å². The van der Waals surface area contributed by atoms with Gasteiger partial charge in [-0.25, -0.2) is 4.98 Å². The van der Waals surface area contributed by atoms with Gasteiger partial charge in [0.2, 0.25) is 5.91 Å². The Morgan fingerprint density at radius 1 is 1.21 bits per heavy atom. The normalized spacial score (nSPS) is 20.5. The van der Waals surface area contributed by atoms with E-state index < -0.39 is 0 Å². The van der Waals surface area contributed by atoms with Gasteiger partial charge in [0, 0.05) is 32.7 Å². The van der Waals surface area contributed by atoms with E-state index in [2.05, 4.69) is 9.88 Å². The maximum absolute atomic E-state index is 12.6. The maximum atomic E-state index is 12.6. The van der Waals surface area contributed by atoms with E-state index >= 15 is 0 Å². The Labute approximate surface area is 141 Å². The van der Waals surface area contributed by atoms with E-state index in [9.17, 15) is 9.90 Å². The molecule has 0 unspecified atom stereocenters. The highest BCUT2D eigenvalue weighted by atomic mass is 16.3. The average Bonchev–Trinajstić information content (AvgIpc) is 3.38. The minimum Gasteiger partial charge on any atom is -0.392 e. The number of rotatable bonds is 5. The van der Waals surface area contributed by atoms with Gasteiger partial charge in [-0.05, 0) is 30.9 Å². The molecule has 1 saturated heterocycles. The lowest BCUT2D eigenvalue weighted by Crippen LogP contribution is -2.51. The largest absolute Gasteiger partial charge is 0.392 e. The van der Waals surface area contributed by atoms with Crippen LogP contribution in [0.3, 0.4) is 0 Å². The van der Waals surface area contributed by atoms with Crippen molar-refractivity contribution in [2.24, 2.45) is 5.92 Å². The number of amides is 1. The van der Waals surface area contributed by atoms with Crippen molar-refractivity contribution < 1.29 is 9.90 Å². The first-order valence-electron chi connectivity index (χ1n) is 8.79. The van der Waals surface area contributed by atoms with Crippen molar-refractivity contribution >= 4 is 16.9 Å². The number of piperazine rings is 1. The van der Waals surface area contributed by atoms with Crippen LogP contribution in [0, 0.1) is 5.92 Å². The third kappa shape index (κ3) is 3.30. The molecule has 2 aliphatic rings. The molecule has 6 heteroatoms. The lowest BCUT2D eigenvalue weighted by molar-refractivity contribution is -0.133. The zero-order valence-corrected chi connectivity index (χ0v) is 13.8. The summed E-state index contributed by atoms with van der Waals surface area (Å²) < 4.78 is 1.92. The number of aliphatic hydroxyl groups excluding tert-OH is 1. The molecule has 4 rings (SSSR count). The van der Waals surface area contributed by atoms with Crippen LogP contribution in [0.15, 0.2) is 30.6 Å². The number of aliphatic hydroxyl groups is 1. The van der Waals surface area contributed by atoms with Crippen molar-refractivity contribution in [3.63, 3.8) is 0 Å². The number of carbonyl (C=O) groups is 1. The van der Waals surface area contributed by atoms with E-state index in [4.69, 9.17) is 0 Å². The molecule has 6 nitrogen and oxygen atoms in total. The van der Waals surface area contributed by atoms with E-state index in [0.717, 1.165) is 43.8 Å². The van der Waals surface area contributed by atoms with Crippen molar-refractivity contribution in [2.75, 3.05) is 32.7 Å². The topological polar surface area (TPSA) is 61.6 Å². The molecule has 1 N–H and O–H groups in total. The first kappa shape index (κ1) is 15.6. The summed E-state index contributed by atoms with van der Waals surface area (Å²) in [6, 6.07) is 7.87. The monoisotopic (exact) mass is 328 g/mol. The van der Waals surface area contributed by atoms with Crippen LogP contribution in [0.1, 0.15) is 12.8 Å². The summed E-state index contributed by atoms with van der Waals surface area (Å²) in [6.07, 6.45) is 3.88. The summed E-state index contributed by atoms with van der Waals surface area (Å²) in [6.45, 7) is 4.26. The lowest BCUT2D eigenvalue weighted by atomic mass is 10.2. The molecule has 1 aromatic carbocycles. The van der Waals surface area contributed by atoms with Gasteiger partial charge in [0.05, 0.1) is 23.5 Å². The summed E-state index contributed by atoms with van der Waals surface area (Å²) in [7, 11) is 0. The number of nitrogens with zero attached hydrogens (tertiary/aromatic N) is 4. The van der Waals surface area contributed by atoms with E-state index in [1.807, 2.05) is 33.7 Å². The van der Waals surface area contributed by atoms with Crippen LogP contribution in [0.4, 0.5) is 0 Å².